The summed E-state index contributed by atoms with van der Waals surface area (Å²) in [5.41, 5.74) is 0.560. The van der Waals surface area contributed by atoms with Crippen LogP contribution >= 0.6 is 0 Å². The van der Waals surface area contributed by atoms with Gasteiger partial charge in [0, 0.05) is 12.1 Å². The molecule has 94 valence electrons. The van der Waals surface area contributed by atoms with Crippen molar-refractivity contribution in [1.82, 2.24) is 5.32 Å². The maximum absolute atomic E-state index is 13.5. The van der Waals surface area contributed by atoms with Gasteiger partial charge in [0.2, 0.25) is 0 Å². The fourth-order valence-electron chi connectivity index (χ4n) is 1.81. The molecule has 0 amide bonds. The van der Waals surface area contributed by atoms with Crippen LogP contribution in [0.1, 0.15) is 24.8 Å². The summed E-state index contributed by atoms with van der Waals surface area (Å²) >= 11 is 0. The third-order valence-corrected chi connectivity index (χ3v) is 2.85. The first-order valence-electron chi connectivity index (χ1n) is 5.89. The van der Waals surface area contributed by atoms with Crippen LogP contribution in [0.5, 0.6) is 0 Å². The number of halogens is 2. The van der Waals surface area contributed by atoms with Gasteiger partial charge in [0.15, 0.2) is 0 Å². The van der Waals surface area contributed by atoms with E-state index < -0.39 is 11.6 Å². The summed E-state index contributed by atoms with van der Waals surface area (Å²) < 4.78 is 26.2. The van der Waals surface area contributed by atoms with Gasteiger partial charge in [-0.2, -0.15) is 0 Å². The molecule has 0 spiro atoms. The average molecular weight is 239 g/mol. The van der Waals surface area contributed by atoms with Gasteiger partial charge in [0.25, 0.3) is 0 Å². The van der Waals surface area contributed by atoms with Crippen LogP contribution < -0.4 is 5.32 Å². The topological polar surface area (TPSA) is 12.0 Å². The minimum Gasteiger partial charge on any atom is -0.317 e. The largest absolute Gasteiger partial charge is 0.317 e. The molecule has 3 heteroatoms. The monoisotopic (exact) mass is 239 g/mol. The van der Waals surface area contributed by atoms with Crippen LogP contribution in [0.25, 0.3) is 0 Å². The number of hydrogen-bond donors (Lipinski definition) is 1. The Morgan fingerprint density at radius 1 is 1.41 bits per heavy atom. The lowest BCUT2D eigenvalue weighted by Gasteiger charge is -2.16. The molecule has 0 aliphatic heterocycles. The Morgan fingerprint density at radius 3 is 2.76 bits per heavy atom. The van der Waals surface area contributed by atoms with Crippen LogP contribution in [0.4, 0.5) is 8.78 Å². The van der Waals surface area contributed by atoms with Crippen molar-refractivity contribution in [2.24, 2.45) is 0 Å². The SMILES string of the molecule is C=CCCCC(Cc1ccc(F)cc1F)NC. The van der Waals surface area contributed by atoms with Gasteiger partial charge in [-0.05, 0) is 44.4 Å². The minimum atomic E-state index is -0.529. The highest BCUT2D eigenvalue weighted by atomic mass is 19.1. The minimum absolute atomic E-state index is 0.218. The average Bonchev–Trinajstić information content (AvgIpc) is 2.31. The van der Waals surface area contributed by atoms with E-state index in [9.17, 15) is 8.78 Å². The van der Waals surface area contributed by atoms with Crippen LogP contribution in [-0.4, -0.2) is 13.1 Å². The number of allylic oxidation sites excluding steroid dienone is 1. The fourth-order valence-corrected chi connectivity index (χ4v) is 1.81. The van der Waals surface area contributed by atoms with E-state index in [0.717, 1.165) is 25.3 Å². The number of rotatable bonds is 7. The second-order valence-corrected chi connectivity index (χ2v) is 4.15. The van der Waals surface area contributed by atoms with Gasteiger partial charge < -0.3 is 5.32 Å². The van der Waals surface area contributed by atoms with Crippen molar-refractivity contribution in [2.75, 3.05) is 7.05 Å². The molecule has 1 atom stereocenters. The van der Waals surface area contributed by atoms with Crippen LogP contribution in [-0.2, 0) is 6.42 Å². The highest BCUT2D eigenvalue weighted by Crippen LogP contribution is 2.14. The van der Waals surface area contributed by atoms with E-state index in [1.54, 1.807) is 0 Å². The Morgan fingerprint density at radius 2 is 2.18 bits per heavy atom. The van der Waals surface area contributed by atoms with Crippen LogP contribution in [0.2, 0.25) is 0 Å². The molecule has 0 radical (unpaired) electrons. The summed E-state index contributed by atoms with van der Waals surface area (Å²) in [7, 11) is 1.86. The molecule has 0 fully saturated rings. The predicted molar refractivity (Wildman–Crippen MR) is 67.0 cm³/mol. The van der Waals surface area contributed by atoms with E-state index in [1.165, 1.54) is 12.1 Å². The summed E-state index contributed by atoms with van der Waals surface area (Å²) in [4.78, 5) is 0. The highest BCUT2D eigenvalue weighted by molar-refractivity contribution is 5.19. The molecule has 1 aromatic rings. The first-order chi connectivity index (χ1) is 8.17. The van der Waals surface area contributed by atoms with Crippen LogP contribution in [0, 0.1) is 11.6 Å². The highest BCUT2D eigenvalue weighted by Gasteiger charge is 2.10. The van der Waals surface area contributed by atoms with Crippen molar-refractivity contribution >= 4 is 0 Å². The number of nitrogens with one attached hydrogen (secondary N) is 1. The standard InChI is InChI=1S/C14H19F2N/c1-3-4-5-6-13(17-2)9-11-7-8-12(15)10-14(11)16/h3,7-8,10,13,17H,1,4-6,9H2,2H3. The van der Waals surface area contributed by atoms with Crippen molar-refractivity contribution in [1.29, 1.82) is 0 Å². The lowest BCUT2D eigenvalue weighted by molar-refractivity contribution is 0.489. The van der Waals surface area contributed by atoms with E-state index in [2.05, 4.69) is 11.9 Å². The maximum atomic E-state index is 13.5. The first-order valence-corrected chi connectivity index (χ1v) is 5.89. The summed E-state index contributed by atoms with van der Waals surface area (Å²) in [6.45, 7) is 3.67. The number of hydrogen-bond acceptors (Lipinski definition) is 1. The summed E-state index contributed by atoms with van der Waals surface area (Å²) in [5.74, 6) is -0.993. The normalized spacial score (nSPS) is 12.4. The molecule has 1 unspecified atom stereocenters. The van der Waals surface area contributed by atoms with E-state index in [0.29, 0.717) is 12.0 Å². The van der Waals surface area contributed by atoms with Gasteiger partial charge in [0.05, 0.1) is 0 Å². The zero-order valence-electron chi connectivity index (χ0n) is 10.2. The summed E-state index contributed by atoms with van der Waals surface area (Å²) in [5, 5.41) is 3.16. The van der Waals surface area contributed by atoms with E-state index in [-0.39, 0.29) is 6.04 Å². The quantitative estimate of drug-likeness (QED) is 0.567. The van der Waals surface area contributed by atoms with Crippen LogP contribution in [0.3, 0.4) is 0 Å². The lowest BCUT2D eigenvalue weighted by Crippen LogP contribution is -2.27. The first kappa shape index (κ1) is 13.8. The van der Waals surface area contributed by atoms with Crippen molar-refractivity contribution in [3.05, 3.63) is 48.1 Å². The molecule has 1 rings (SSSR count). The van der Waals surface area contributed by atoms with E-state index >= 15 is 0 Å². The zero-order valence-corrected chi connectivity index (χ0v) is 10.2. The molecule has 0 saturated carbocycles. The maximum Gasteiger partial charge on any atom is 0.129 e. The Labute approximate surface area is 102 Å². The molecule has 0 bridgehead atoms. The van der Waals surface area contributed by atoms with Gasteiger partial charge in [-0.1, -0.05) is 12.1 Å². The number of unbranched alkanes of at least 4 members (excludes halogenated alkanes) is 1. The Balaban J connectivity index is 2.57. The predicted octanol–water partition coefficient (Wildman–Crippen LogP) is 3.45. The molecule has 0 heterocycles. The van der Waals surface area contributed by atoms with Crippen molar-refractivity contribution in [2.45, 2.75) is 31.7 Å². The second kappa shape index (κ2) is 7.17. The third-order valence-electron chi connectivity index (χ3n) is 2.85. The Bertz CT molecular complexity index is 363. The summed E-state index contributed by atoms with van der Waals surface area (Å²) in [6.07, 6.45) is 5.41. The molecule has 0 aliphatic rings. The number of benzene rings is 1. The molecular weight excluding hydrogens is 220 g/mol. The lowest BCUT2D eigenvalue weighted by atomic mass is 10.0. The molecule has 1 aromatic carbocycles. The Hall–Kier alpha value is -1.22. The molecule has 17 heavy (non-hydrogen) atoms. The zero-order chi connectivity index (χ0) is 12.7. The molecule has 0 saturated heterocycles. The molecule has 0 aliphatic carbocycles. The van der Waals surface area contributed by atoms with Gasteiger partial charge in [-0.3, -0.25) is 0 Å². The fraction of sp³-hybridized carbons (Fsp3) is 0.429. The smallest absolute Gasteiger partial charge is 0.129 e. The van der Waals surface area contributed by atoms with E-state index in [4.69, 9.17) is 0 Å². The van der Waals surface area contributed by atoms with Gasteiger partial charge in [-0.25, -0.2) is 8.78 Å². The van der Waals surface area contributed by atoms with E-state index in [1.807, 2.05) is 13.1 Å². The summed E-state index contributed by atoms with van der Waals surface area (Å²) in [6, 6.07) is 3.97. The van der Waals surface area contributed by atoms with Gasteiger partial charge in [0.1, 0.15) is 11.6 Å². The van der Waals surface area contributed by atoms with Crippen molar-refractivity contribution < 1.29 is 8.78 Å². The van der Waals surface area contributed by atoms with Gasteiger partial charge in [-0.15, -0.1) is 6.58 Å². The molecule has 0 aromatic heterocycles. The third kappa shape index (κ3) is 4.65. The van der Waals surface area contributed by atoms with Crippen LogP contribution in [0.15, 0.2) is 30.9 Å². The Kier molecular flexibility index (Phi) is 5.84. The molecular formula is C14H19F2N. The van der Waals surface area contributed by atoms with Crippen molar-refractivity contribution in [3.63, 3.8) is 0 Å². The molecule has 1 N–H and O–H groups in total. The molecule has 1 nitrogen and oxygen atoms in total. The number of likely N-dealkylation sites (N-methyl/N-ethyl adjacent to an activating group) is 1. The van der Waals surface area contributed by atoms with Crippen molar-refractivity contribution in [3.8, 4) is 0 Å². The van der Waals surface area contributed by atoms with Gasteiger partial charge >= 0.3 is 0 Å². The second-order valence-electron chi connectivity index (χ2n) is 4.15.